The van der Waals surface area contributed by atoms with Gasteiger partial charge < -0.3 is 16.4 Å². The second-order valence-corrected chi connectivity index (χ2v) is 5.58. The summed E-state index contributed by atoms with van der Waals surface area (Å²) in [6, 6.07) is 8.62. The molecule has 1 fully saturated rings. The summed E-state index contributed by atoms with van der Waals surface area (Å²) in [5.41, 5.74) is 8.01. The summed E-state index contributed by atoms with van der Waals surface area (Å²) < 4.78 is 0. The Morgan fingerprint density at radius 3 is 2.60 bits per heavy atom. The monoisotopic (exact) mass is 275 g/mol. The predicted octanol–water partition coefficient (Wildman–Crippen LogP) is 1.90. The number of hydrogen-bond acceptors (Lipinski definition) is 3. The minimum absolute atomic E-state index is 0.0428. The molecule has 0 heterocycles. The van der Waals surface area contributed by atoms with Crippen molar-refractivity contribution in [1.82, 2.24) is 5.32 Å². The van der Waals surface area contributed by atoms with Gasteiger partial charge in [0.15, 0.2) is 0 Å². The number of likely N-dealkylation sites (N-methyl/N-ethyl adjacent to an activating group) is 1. The number of anilines is 1. The molecule has 0 spiro atoms. The number of amides is 1. The van der Waals surface area contributed by atoms with Gasteiger partial charge in [0.05, 0.1) is 6.42 Å². The van der Waals surface area contributed by atoms with Gasteiger partial charge in [0.1, 0.15) is 0 Å². The van der Waals surface area contributed by atoms with Crippen molar-refractivity contribution in [3.8, 4) is 0 Å². The molecule has 2 rings (SSSR count). The second kappa shape index (κ2) is 7.29. The number of benzene rings is 1. The van der Waals surface area contributed by atoms with Gasteiger partial charge in [-0.25, -0.2) is 0 Å². The Morgan fingerprint density at radius 2 is 1.95 bits per heavy atom. The fourth-order valence-electron chi connectivity index (χ4n) is 2.89. The van der Waals surface area contributed by atoms with Crippen LogP contribution in [0.1, 0.15) is 31.2 Å². The van der Waals surface area contributed by atoms with Crippen LogP contribution < -0.4 is 16.4 Å². The van der Waals surface area contributed by atoms with E-state index < -0.39 is 0 Å². The standard InChI is InChI=1S/C16H25N3O/c1-18-16(20)10-12-6-8-14(9-7-12)19-15-5-3-2-4-13(15)11-17/h6-9,13,15,19H,2-5,10-11,17H2,1H3,(H,18,20). The SMILES string of the molecule is CNC(=O)Cc1ccc(NC2CCCCC2CN)cc1. The maximum atomic E-state index is 11.3. The Labute approximate surface area is 121 Å². The summed E-state index contributed by atoms with van der Waals surface area (Å²) >= 11 is 0. The number of nitrogens with one attached hydrogen (secondary N) is 2. The van der Waals surface area contributed by atoms with Gasteiger partial charge in [-0.2, -0.15) is 0 Å². The van der Waals surface area contributed by atoms with Crippen molar-refractivity contribution in [2.75, 3.05) is 18.9 Å². The first-order valence-corrected chi connectivity index (χ1v) is 7.49. The fraction of sp³-hybridized carbons (Fsp3) is 0.562. The molecule has 0 aliphatic heterocycles. The molecule has 2 unspecified atom stereocenters. The zero-order valence-electron chi connectivity index (χ0n) is 12.2. The molecule has 0 saturated heterocycles. The van der Waals surface area contributed by atoms with Crippen LogP contribution >= 0.6 is 0 Å². The first kappa shape index (κ1) is 14.9. The van der Waals surface area contributed by atoms with Gasteiger partial charge in [-0.05, 0) is 43.0 Å². The topological polar surface area (TPSA) is 67.2 Å². The lowest BCUT2D eigenvalue weighted by molar-refractivity contribution is -0.119. The van der Waals surface area contributed by atoms with E-state index in [0.29, 0.717) is 18.4 Å². The van der Waals surface area contributed by atoms with Crippen LogP contribution in [0.25, 0.3) is 0 Å². The van der Waals surface area contributed by atoms with Gasteiger partial charge in [-0.1, -0.05) is 25.0 Å². The zero-order valence-corrected chi connectivity index (χ0v) is 12.2. The normalized spacial score (nSPS) is 22.3. The average molecular weight is 275 g/mol. The van der Waals surface area contributed by atoms with Gasteiger partial charge in [-0.15, -0.1) is 0 Å². The van der Waals surface area contributed by atoms with Crippen molar-refractivity contribution in [3.63, 3.8) is 0 Å². The van der Waals surface area contributed by atoms with Crippen LogP contribution in [0, 0.1) is 5.92 Å². The molecule has 1 aliphatic carbocycles. The lowest BCUT2D eigenvalue weighted by Gasteiger charge is -2.32. The summed E-state index contributed by atoms with van der Waals surface area (Å²) in [5, 5.41) is 6.23. The molecule has 1 aromatic rings. The van der Waals surface area contributed by atoms with Crippen LogP contribution in [0.3, 0.4) is 0 Å². The van der Waals surface area contributed by atoms with Crippen molar-refractivity contribution < 1.29 is 4.79 Å². The smallest absolute Gasteiger partial charge is 0.224 e. The highest BCUT2D eigenvalue weighted by Gasteiger charge is 2.23. The summed E-state index contributed by atoms with van der Waals surface area (Å²) in [6.07, 6.45) is 5.43. The number of carbonyl (C=O) groups is 1. The van der Waals surface area contributed by atoms with Gasteiger partial charge >= 0.3 is 0 Å². The molecule has 4 nitrogen and oxygen atoms in total. The van der Waals surface area contributed by atoms with E-state index in [9.17, 15) is 4.79 Å². The number of nitrogens with two attached hydrogens (primary N) is 1. The Bertz CT molecular complexity index is 430. The Morgan fingerprint density at radius 1 is 1.25 bits per heavy atom. The van der Waals surface area contributed by atoms with Gasteiger partial charge in [0.25, 0.3) is 0 Å². The summed E-state index contributed by atoms with van der Waals surface area (Å²) in [4.78, 5) is 11.3. The number of hydrogen-bond donors (Lipinski definition) is 3. The lowest BCUT2D eigenvalue weighted by atomic mass is 9.84. The minimum Gasteiger partial charge on any atom is -0.382 e. The molecule has 110 valence electrons. The van der Waals surface area contributed by atoms with Gasteiger partial charge in [-0.3, -0.25) is 4.79 Å². The van der Waals surface area contributed by atoms with Crippen LogP contribution in [0.2, 0.25) is 0 Å². The summed E-state index contributed by atoms with van der Waals surface area (Å²) in [5.74, 6) is 0.621. The third kappa shape index (κ3) is 3.97. The third-order valence-corrected chi connectivity index (χ3v) is 4.16. The molecule has 1 aliphatic rings. The quantitative estimate of drug-likeness (QED) is 0.769. The third-order valence-electron chi connectivity index (χ3n) is 4.16. The molecule has 4 heteroatoms. The Kier molecular flexibility index (Phi) is 5.41. The average Bonchev–Trinajstić information content (AvgIpc) is 2.49. The van der Waals surface area contributed by atoms with E-state index in [-0.39, 0.29) is 5.91 Å². The van der Waals surface area contributed by atoms with Crippen molar-refractivity contribution in [2.45, 2.75) is 38.1 Å². The molecular formula is C16H25N3O. The highest BCUT2D eigenvalue weighted by Crippen LogP contribution is 2.26. The predicted molar refractivity (Wildman–Crippen MR) is 82.6 cm³/mol. The highest BCUT2D eigenvalue weighted by molar-refractivity contribution is 5.78. The Hall–Kier alpha value is -1.55. The maximum absolute atomic E-state index is 11.3. The zero-order chi connectivity index (χ0) is 14.4. The largest absolute Gasteiger partial charge is 0.382 e. The molecule has 0 radical (unpaired) electrons. The van der Waals surface area contributed by atoms with E-state index in [0.717, 1.165) is 17.8 Å². The van der Waals surface area contributed by atoms with Crippen LogP contribution in [-0.2, 0) is 11.2 Å². The van der Waals surface area contributed by atoms with Crippen LogP contribution in [0.15, 0.2) is 24.3 Å². The van der Waals surface area contributed by atoms with E-state index >= 15 is 0 Å². The first-order chi connectivity index (χ1) is 9.72. The summed E-state index contributed by atoms with van der Waals surface area (Å²) in [7, 11) is 1.66. The van der Waals surface area contributed by atoms with Crippen molar-refractivity contribution in [3.05, 3.63) is 29.8 Å². The minimum atomic E-state index is 0.0428. The maximum Gasteiger partial charge on any atom is 0.224 e. The molecule has 1 amide bonds. The molecule has 1 saturated carbocycles. The van der Waals surface area contributed by atoms with E-state index in [1.807, 2.05) is 12.1 Å². The van der Waals surface area contributed by atoms with Crippen molar-refractivity contribution in [2.24, 2.45) is 11.7 Å². The molecule has 0 aromatic heterocycles. The van der Waals surface area contributed by atoms with Crippen molar-refractivity contribution in [1.29, 1.82) is 0 Å². The van der Waals surface area contributed by atoms with E-state index in [1.54, 1.807) is 7.05 Å². The van der Waals surface area contributed by atoms with E-state index in [1.165, 1.54) is 25.7 Å². The summed E-state index contributed by atoms with van der Waals surface area (Å²) in [6.45, 7) is 0.756. The molecule has 0 bridgehead atoms. The van der Waals surface area contributed by atoms with Crippen LogP contribution in [-0.4, -0.2) is 25.5 Å². The van der Waals surface area contributed by atoms with E-state index in [4.69, 9.17) is 5.73 Å². The molecule has 2 atom stereocenters. The molecular weight excluding hydrogens is 250 g/mol. The highest BCUT2D eigenvalue weighted by atomic mass is 16.1. The first-order valence-electron chi connectivity index (χ1n) is 7.49. The van der Waals surface area contributed by atoms with E-state index in [2.05, 4.69) is 22.8 Å². The van der Waals surface area contributed by atoms with Gasteiger partial charge in [0, 0.05) is 18.8 Å². The van der Waals surface area contributed by atoms with Crippen molar-refractivity contribution >= 4 is 11.6 Å². The second-order valence-electron chi connectivity index (χ2n) is 5.58. The lowest BCUT2D eigenvalue weighted by Crippen LogP contribution is -2.36. The fourth-order valence-corrected chi connectivity index (χ4v) is 2.89. The van der Waals surface area contributed by atoms with Crippen LogP contribution in [0.5, 0.6) is 0 Å². The number of rotatable bonds is 5. The molecule has 20 heavy (non-hydrogen) atoms. The molecule has 4 N–H and O–H groups in total. The number of carbonyl (C=O) groups excluding carboxylic acids is 1. The van der Waals surface area contributed by atoms with Gasteiger partial charge in [0.2, 0.25) is 5.91 Å². The van der Waals surface area contributed by atoms with Crippen LogP contribution in [0.4, 0.5) is 5.69 Å². The Balaban J connectivity index is 1.94. The molecule has 1 aromatic carbocycles.